The van der Waals surface area contributed by atoms with Crippen molar-refractivity contribution >= 4 is 34.9 Å². The molecule has 1 N–H and O–H groups in total. The number of nitrogens with zero attached hydrogens (tertiary/aromatic N) is 1. The van der Waals surface area contributed by atoms with Gasteiger partial charge in [-0.3, -0.25) is 14.9 Å². The van der Waals surface area contributed by atoms with Crippen LogP contribution in [0.5, 0.6) is 0 Å². The van der Waals surface area contributed by atoms with E-state index >= 15 is 0 Å². The molecule has 0 bridgehead atoms. The molecule has 0 aliphatic rings. The van der Waals surface area contributed by atoms with Crippen molar-refractivity contribution < 1.29 is 19.2 Å². The van der Waals surface area contributed by atoms with Crippen LogP contribution in [-0.2, 0) is 4.74 Å². The number of rotatable bonds is 4. The van der Waals surface area contributed by atoms with Gasteiger partial charge in [-0.25, -0.2) is 4.79 Å². The van der Waals surface area contributed by atoms with Gasteiger partial charge in [-0.1, -0.05) is 23.7 Å². The van der Waals surface area contributed by atoms with Gasteiger partial charge in [0, 0.05) is 5.56 Å². The highest BCUT2D eigenvalue weighted by molar-refractivity contribution is 6.34. The van der Waals surface area contributed by atoms with Crippen molar-refractivity contribution in [1.82, 2.24) is 0 Å². The second kappa shape index (κ2) is 7.10. The first-order valence-corrected chi connectivity index (χ1v) is 7.16. The molecule has 0 fully saturated rings. The number of halogens is 1. The molecule has 24 heavy (non-hydrogen) atoms. The van der Waals surface area contributed by atoms with Gasteiger partial charge in [0.25, 0.3) is 11.6 Å². The van der Waals surface area contributed by atoms with Crippen molar-refractivity contribution in [2.24, 2.45) is 0 Å². The van der Waals surface area contributed by atoms with Crippen molar-refractivity contribution in [2.45, 2.75) is 6.92 Å². The lowest BCUT2D eigenvalue weighted by Crippen LogP contribution is -2.15. The number of para-hydroxylation sites is 1. The number of esters is 1. The maximum absolute atomic E-state index is 12.4. The van der Waals surface area contributed by atoms with Crippen molar-refractivity contribution in [3.63, 3.8) is 0 Å². The summed E-state index contributed by atoms with van der Waals surface area (Å²) in [5.74, 6) is -1.29. The molecule has 2 rings (SSSR count). The Hall–Kier alpha value is -2.93. The maximum atomic E-state index is 12.4. The SMILES string of the molecule is COC(=O)c1ccc(Cl)c(NC(=O)c2cccc(C)c2[N+](=O)[O-])c1. The van der Waals surface area contributed by atoms with Crippen molar-refractivity contribution in [1.29, 1.82) is 0 Å². The Balaban J connectivity index is 2.39. The molecule has 0 saturated heterocycles. The van der Waals surface area contributed by atoms with Gasteiger partial charge in [0.15, 0.2) is 0 Å². The highest BCUT2D eigenvalue weighted by Gasteiger charge is 2.23. The molecule has 0 unspecified atom stereocenters. The van der Waals surface area contributed by atoms with E-state index < -0.39 is 16.8 Å². The summed E-state index contributed by atoms with van der Waals surface area (Å²) in [4.78, 5) is 34.5. The summed E-state index contributed by atoms with van der Waals surface area (Å²) in [6.45, 7) is 1.54. The molecule has 1 amide bonds. The van der Waals surface area contributed by atoms with Gasteiger partial charge in [0.05, 0.1) is 28.3 Å². The minimum absolute atomic E-state index is 0.0977. The predicted molar refractivity (Wildman–Crippen MR) is 88.6 cm³/mol. The van der Waals surface area contributed by atoms with Gasteiger partial charge in [-0.05, 0) is 31.2 Å². The van der Waals surface area contributed by atoms with Gasteiger partial charge in [0.1, 0.15) is 5.56 Å². The fourth-order valence-corrected chi connectivity index (χ4v) is 2.30. The Morgan fingerprint density at radius 3 is 2.58 bits per heavy atom. The van der Waals surface area contributed by atoms with Crippen molar-refractivity contribution in [3.05, 3.63) is 68.2 Å². The number of amides is 1. The van der Waals surface area contributed by atoms with Gasteiger partial charge in [-0.2, -0.15) is 0 Å². The average Bonchev–Trinajstić information content (AvgIpc) is 2.55. The van der Waals surface area contributed by atoms with Crippen molar-refractivity contribution in [2.75, 3.05) is 12.4 Å². The Kier molecular flexibility index (Phi) is 5.15. The van der Waals surface area contributed by atoms with Crippen LogP contribution >= 0.6 is 11.6 Å². The second-order valence-corrected chi connectivity index (χ2v) is 5.28. The third kappa shape index (κ3) is 3.52. The largest absolute Gasteiger partial charge is 0.465 e. The van der Waals surface area contributed by atoms with E-state index in [9.17, 15) is 19.7 Å². The fourth-order valence-electron chi connectivity index (χ4n) is 2.14. The Morgan fingerprint density at radius 1 is 1.25 bits per heavy atom. The highest BCUT2D eigenvalue weighted by atomic mass is 35.5. The molecule has 0 radical (unpaired) electrons. The lowest BCUT2D eigenvalue weighted by molar-refractivity contribution is -0.385. The summed E-state index contributed by atoms with van der Waals surface area (Å²) in [7, 11) is 1.23. The molecule has 0 aliphatic carbocycles. The maximum Gasteiger partial charge on any atom is 0.337 e. The standard InChI is InChI=1S/C16H13ClN2O5/c1-9-4-3-5-11(14(9)19(22)23)15(20)18-13-8-10(16(21)24-2)6-7-12(13)17/h3-8H,1-2H3,(H,18,20). The third-order valence-corrected chi connectivity index (χ3v) is 3.63. The molecular formula is C16H13ClN2O5. The first kappa shape index (κ1) is 17.4. The summed E-state index contributed by atoms with van der Waals surface area (Å²) < 4.78 is 4.60. The third-order valence-electron chi connectivity index (χ3n) is 3.30. The number of nitrogens with one attached hydrogen (secondary N) is 1. The number of anilines is 1. The van der Waals surface area contributed by atoms with Crippen LogP contribution in [0.25, 0.3) is 0 Å². The smallest absolute Gasteiger partial charge is 0.337 e. The molecule has 0 saturated carbocycles. The molecule has 0 heterocycles. The molecule has 8 heteroatoms. The first-order chi connectivity index (χ1) is 11.3. The average molecular weight is 349 g/mol. The number of carbonyl (C=O) groups excluding carboxylic acids is 2. The molecular weight excluding hydrogens is 336 g/mol. The molecule has 124 valence electrons. The second-order valence-electron chi connectivity index (χ2n) is 4.87. The summed E-state index contributed by atoms with van der Waals surface area (Å²) in [5.41, 5.74) is 0.327. The van der Waals surface area contributed by atoms with Gasteiger partial charge in [-0.15, -0.1) is 0 Å². The summed E-state index contributed by atoms with van der Waals surface area (Å²) >= 11 is 6.01. The number of benzene rings is 2. The van der Waals surface area contributed by atoms with Crippen LogP contribution in [0.3, 0.4) is 0 Å². The van der Waals surface area contributed by atoms with E-state index in [2.05, 4.69) is 10.1 Å². The van der Waals surface area contributed by atoms with E-state index in [1.807, 2.05) is 0 Å². The highest BCUT2D eigenvalue weighted by Crippen LogP contribution is 2.27. The number of aryl methyl sites for hydroxylation is 1. The van der Waals surface area contributed by atoms with Crippen LogP contribution in [0, 0.1) is 17.0 Å². The summed E-state index contributed by atoms with van der Waals surface area (Å²) in [6.07, 6.45) is 0. The predicted octanol–water partition coefficient (Wildman–Crippen LogP) is 3.60. The summed E-state index contributed by atoms with van der Waals surface area (Å²) in [6, 6.07) is 8.64. The Morgan fingerprint density at radius 2 is 1.96 bits per heavy atom. The zero-order chi connectivity index (χ0) is 17.9. The van der Waals surface area contributed by atoms with Gasteiger partial charge in [0.2, 0.25) is 0 Å². The van der Waals surface area contributed by atoms with E-state index in [1.165, 1.54) is 31.4 Å². The summed E-state index contributed by atoms with van der Waals surface area (Å²) in [5, 5.41) is 13.9. The minimum atomic E-state index is -0.700. The molecule has 7 nitrogen and oxygen atoms in total. The number of ether oxygens (including phenoxy) is 1. The number of hydrogen-bond donors (Lipinski definition) is 1. The zero-order valence-corrected chi connectivity index (χ0v) is 13.6. The van der Waals surface area contributed by atoms with Crippen LogP contribution in [-0.4, -0.2) is 23.9 Å². The lowest BCUT2D eigenvalue weighted by atomic mass is 10.1. The first-order valence-electron chi connectivity index (χ1n) is 6.78. The molecule has 0 spiro atoms. The minimum Gasteiger partial charge on any atom is -0.465 e. The van der Waals surface area contributed by atoms with Crippen LogP contribution < -0.4 is 5.32 Å². The number of nitro groups is 1. The van der Waals surface area contributed by atoms with Crippen LogP contribution in [0.4, 0.5) is 11.4 Å². The normalized spacial score (nSPS) is 10.1. The number of hydrogen-bond acceptors (Lipinski definition) is 5. The topological polar surface area (TPSA) is 98.5 Å². The number of methoxy groups -OCH3 is 1. The van der Waals surface area contributed by atoms with Crippen molar-refractivity contribution in [3.8, 4) is 0 Å². The van der Waals surface area contributed by atoms with Crippen LogP contribution in [0.15, 0.2) is 36.4 Å². The molecule has 2 aromatic carbocycles. The van der Waals surface area contributed by atoms with E-state index in [4.69, 9.17) is 11.6 Å². The molecule has 0 aromatic heterocycles. The molecule has 2 aromatic rings. The Bertz CT molecular complexity index is 835. The fraction of sp³-hybridized carbons (Fsp3) is 0.125. The zero-order valence-electron chi connectivity index (χ0n) is 12.8. The molecule has 0 atom stereocenters. The monoisotopic (exact) mass is 348 g/mol. The number of carbonyl (C=O) groups is 2. The van der Waals surface area contributed by atoms with Gasteiger partial charge < -0.3 is 10.1 Å². The number of nitro benzene ring substituents is 1. The Labute approximate surface area is 142 Å². The van der Waals surface area contributed by atoms with Crippen LogP contribution in [0.1, 0.15) is 26.3 Å². The van der Waals surface area contributed by atoms with E-state index in [1.54, 1.807) is 19.1 Å². The lowest BCUT2D eigenvalue weighted by Gasteiger charge is -2.10. The van der Waals surface area contributed by atoms with Gasteiger partial charge >= 0.3 is 5.97 Å². The van der Waals surface area contributed by atoms with E-state index in [-0.39, 0.29) is 27.5 Å². The molecule has 0 aliphatic heterocycles. The van der Waals surface area contributed by atoms with E-state index in [0.29, 0.717) is 5.56 Å². The van der Waals surface area contributed by atoms with Crippen LogP contribution in [0.2, 0.25) is 5.02 Å². The quantitative estimate of drug-likeness (QED) is 0.517. The van der Waals surface area contributed by atoms with E-state index in [0.717, 1.165) is 0 Å².